The molecule has 0 aliphatic rings. The minimum atomic E-state index is -3.83. The van der Waals surface area contributed by atoms with Crippen molar-refractivity contribution in [2.24, 2.45) is 0 Å². The van der Waals surface area contributed by atoms with E-state index < -0.39 is 22.0 Å². The van der Waals surface area contributed by atoms with Gasteiger partial charge in [-0.05, 0) is 56.2 Å². The Bertz CT molecular complexity index is 876. The number of carbonyl (C=O) groups excluding carboxylic acids is 1. The van der Waals surface area contributed by atoms with Gasteiger partial charge in [0.05, 0.1) is 11.0 Å². The number of hydrogen-bond acceptors (Lipinski definition) is 4. The molecule has 2 rings (SSSR count). The zero-order valence-corrected chi connectivity index (χ0v) is 15.2. The van der Waals surface area contributed by atoms with E-state index in [2.05, 4.69) is 10.0 Å². The molecule has 25 heavy (non-hydrogen) atoms. The summed E-state index contributed by atoms with van der Waals surface area (Å²) < 4.78 is 27.9. The molecule has 6 nitrogen and oxygen atoms in total. The Kier molecular flexibility index (Phi) is 5.81. The molecule has 3 N–H and O–H groups in total. The number of aliphatic hydroxyl groups excluding tert-OH is 1. The number of amides is 1. The van der Waals surface area contributed by atoms with Crippen LogP contribution in [-0.2, 0) is 10.0 Å². The van der Waals surface area contributed by atoms with Gasteiger partial charge in [-0.1, -0.05) is 18.2 Å². The van der Waals surface area contributed by atoms with Gasteiger partial charge in [-0.15, -0.1) is 0 Å². The Labute approximate surface area is 147 Å². The number of aryl methyl sites for hydroxylation is 2. The van der Waals surface area contributed by atoms with Crippen molar-refractivity contribution >= 4 is 21.6 Å². The summed E-state index contributed by atoms with van der Waals surface area (Å²) in [6.45, 7) is 5.19. The second-order valence-corrected chi connectivity index (χ2v) is 7.67. The van der Waals surface area contributed by atoms with E-state index in [1.807, 2.05) is 13.0 Å². The maximum absolute atomic E-state index is 12.7. The van der Waals surface area contributed by atoms with E-state index in [4.69, 9.17) is 0 Å². The Hall–Kier alpha value is -2.38. The van der Waals surface area contributed by atoms with Crippen LogP contribution in [0.5, 0.6) is 0 Å². The molecule has 0 fully saturated rings. The van der Waals surface area contributed by atoms with E-state index in [1.54, 1.807) is 44.2 Å². The fourth-order valence-corrected chi connectivity index (χ4v) is 3.61. The van der Waals surface area contributed by atoms with Crippen molar-refractivity contribution in [1.29, 1.82) is 0 Å². The first kappa shape index (κ1) is 19.0. The first-order valence-electron chi connectivity index (χ1n) is 7.85. The number of hydrogen-bond donors (Lipinski definition) is 3. The number of benzene rings is 2. The van der Waals surface area contributed by atoms with Crippen LogP contribution in [0.3, 0.4) is 0 Å². The van der Waals surface area contributed by atoms with Crippen LogP contribution in [0.1, 0.15) is 28.4 Å². The fourth-order valence-electron chi connectivity index (χ4n) is 2.29. The molecule has 7 heteroatoms. The molecule has 0 aromatic heterocycles. The standard InChI is InChI=1S/C18H22N2O4S/c1-12-5-4-6-16(9-12)20-25(23,24)17-10-15(8-7-13(17)2)18(22)19-11-14(3)21/h4-10,14,20-21H,11H2,1-3H3,(H,19,22). The lowest BCUT2D eigenvalue weighted by molar-refractivity contribution is 0.0924. The van der Waals surface area contributed by atoms with Gasteiger partial charge in [0.25, 0.3) is 15.9 Å². The highest BCUT2D eigenvalue weighted by molar-refractivity contribution is 7.92. The van der Waals surface area contributed by atoms with Crippen molar-refractivity contribution in [2.75, 3.05) is 11.3 Å². The molecule has 1 amide bonds. The van der Waals surface area contributed by atoms with Gasteiger partial charge in [0.1, 0.15) is 0 Å². The fraction of sp³-hybridized carbons (Fsp3) is 0.278. The van der Waals surface area contributed by atoms with E-state index in [1.165, 1.54) is 6.07 Å². The lowest BCUT2D eigenvalue weighted by Crippen LogP contribution is -2.30. The van der Waals surface area contributed by atoms with Crippen molar-refractivity contribution < 1.29 is 18.3 Å². The van der Waals surface area contributed by atoms with Crippen LogP contribution >= 0.6 is 0 Å². The van der Waals surface area contributed by atoms with Gasteiger partial charge in [0.2, 0.25) is 0 Å². The molecular weight excluding hydrogens is 340 g/mol. The zero-order valence-electron chi connectivity index (χ0n) is 14.4. The lowest BCUT2D eigenvalue weighted by atomic mass is 10.1. The molecule has 134 valence electrons. The predicted molar refractivity (Wildman–Crippen MR) is 97.2 cm³/mol. The van der Waals surface area contributed by atoms with Gasteiger partial charge in [0.15, 0.2) is 0 Å². The summed E-state index contributed by atoms with van der Waals surface area (Å²) in [5, 5.41) is 11.8. The van der Waals surface area contributed by atoms with Crippen LogP contribution < -0.4 is 10.0 Å². The Balaban J connectivity index is 2.30. The first-order chi connectivity index (χ1) is 11.7. The molecule has 0 spiro atoms. The number of anilines is 1. The maximum atomic E-state index is 12.7. The van der Waals surface area contributed by atoms with Gasteiger partial charge in [-0.25, -0.2) is 8.42 Å². The topological polar surface area (TPSA) is 95.5 Å². The van der Waals surface area contributed by atoms with Crippen LogP contribution in [0.4, 0.5) is 5.69 Å². The Morgan fingerprint density at radius 1 is 1.16 bits per heavy atom. The summed E-state index contributed by atoms with van der Waals surface area (Å²) in [7, 11) is -3.83. The molecule has 0 heterocycles. The predicted octanol–water partition coefficient (Wildman–Crippen LogP) is 2.21. The van der Waals surface area contributed by atoms with Gasteiger partial charge < -0.3 is 10.4 Å². The summed E-state index contributed by atoms with van der Waals surface area (Å²) in [5.41, 5.74) is 2.15. The van der Waals surface area contributed by atoms with E-state index in [-0.39, 0.29) is 17.0 Å². The highest BCUT2D eigenvalue weighted by atomic mass is 32.2. The molecule has 0 bridgehead atoms. The minimum absolute atomic E-state index is 0.0405. The molecular formula is C18H22N2O4S. The van der Waals surface area contributed by atoms with Gasteiger partial charge in [-0.2, -0.15) is 0 Å². The first-order valence-corrected chi connectivity index (χ1v) is 9.34. The van der Waals surface area contributed by atoms with Crippen LogP contribution in [0.25, 0.3) is 0 Å². The van der Waals surface area contributed by atoms with Crippen molar-refractivity contribution in [1.82, 2.24) is 5.32 Å². The Morgan fingerprint density at radius 3 is 2.52 bits per heavy atom. The van der Waals surface area contributed by atoms with Gasteiger partial charge in [-0.3, -0.25) is 9.52 Å². The van der Waals surface area contributed by atoms with Crippen molar-refractivity contribution in [3.63, 3.8) is 0 Å². The third-order valence-corrected chi connectivity index (χ3v) is 5.09. The number of carbonyl (C=O) groups is 1. The molecule has 1 unspecified atom stereocenters. The molecule has 0 radical (unpaired) electrons. The molecule has 0 saturated carbocycles. The highest BCUT2D eigenvalue weighted by Crippen LogP contribution is 2.21. The molecule has 1 atom stereocenters. The van der Waals surface area contributed by atoms with Crippen LogP contribution in [0, 0.1) is 13.8 Å². The van der Waals surface area contributed by atoms with Crippen molar-refractivity contribution in [3.05, 3.63) is 59.2 Å². The second kappa shape index (κ2) is 7.67. The average Bonchev–Trinajstić information content (AvgIpc) is 2.52. The quantitative estimate of drug-likeness (QED) is 0.734. The third-order valence-electron chi connectivity index (χ3n) is 3.57. The van der Waals surface area contributed by atoms with E-state index in [0.29, 0.717) is 11.3 Å². The summed E-state index contributed by atoms with van der Waals surface area (Å²) >= 11 is 0. The second-order valence-electron chi connectivity index (χ2n) is 6.01. The van der Waals surface area contributed by atoms with E-state index in [0.717, 1.165) is 5.56 Å². The maximum Gasteiger partial charge on any atom is 0.262 e. The highest BCUT2D eigenvalue weighted by Gasteiger charge is 2.19. The largest absolute Gasteiger partial charge is 0.392 e. The lowest BCUT2D eigenvalue weighted by Gasteiger charge is -2.13. The van der Waals surface area contributed by atoms with E-state index in [9.17, 15) is 18.3 Å². The molecule has 0 saturated heterocycles. The summed E-state index contributed by atoms with van der Waals surface area (Å²) in [6.07, 6.45) is -0.680. The van der Waals surface area contributed by atoms with Gasteiger partial charge >= 0.3 is 0 Å². The molecule has 2 aromatic carbocycles. The average molecular weight is 362 g/mol. The number of aliphatic hydroxyl groups is 1. The zero-order chi connectivity index (χ0) is 18.6. The molecule has 0 aliphatic carbocycles. The van der Waals surface area contributed by atoms with Crippen LogP contribution in [0.15, 0.2) is 47.4 Å². The summed E-state index contributed by atoms with van der Waals surface area (Å²) in [6, 6.07) is 11.5. The summed E-state index contributed by atoms with van der Waals surface area (Å²) in [4.78, 5) is 12.1. The monoisotopic (exact) mass is 362 g/mol. The smallest absolute Gasteiger partial charge is 0.262 e. The number of rotatable bonds is 6. The molecule has 0 aliphatic heterocycles. The normalized spacial score (nSPS) is 12.5. The van der Waals surface area contributed by atoms with Crippen LogP contribution in [-0.4, -0.2) is 32.1 Å². The molecule has 2 aromatic rings. The minimum Gasteiger partial charge on any atom is -0.392 e. The Morgan fingerprint density at radius 2 is 1.88 bits per heavy atom. The van der Waals surface area contributed by atoms with Gasteiger partial charge in [0, 0.05) is 17.8 Å². The summed E-state index contributed by atoms with van der Waals surface area (Å²) in [5.74, 6) is -0.437. The van der Waals surface area contributed by atoms with Crippen LogP contribution in [0.2, 0.25) is 0 Å². The SMILES string of the molecule is Cc1cccc(NS(=O)(=O)c2cc(C(=O)NCC(C)O)ccc2C)c1. The number of sulfonamides is 1. The van der Waals surface area contributed by atoms with Crippen molar-refractivity contribution in [2.45, 2.75) is 31.8 Å². The van der Waals surface area contributed by atoms with Crippen molar-refractivity contribution in [3.8, 4) is 0 Å². The van der Waals surface area contributed by atoms with E-state index >= 15 is 0 Å². The third kappa shape index (κ3) is 5.04. The number of nitrogens with one attached hydrogen (secondary N) is 2.